The van der Waals surface area contributed by atoms with E-state index in [1.165, 1.54) is 17.2 Å². The van der Waals surface area contributed by atoms with E-state index in [0.717, 1.165) is 17.0 Å². The minimum atomic E-state index is -3.34. The van der Waals surface area contributed by atoms with E-state index in [1.54, 1.807) is 30.3 Å². The van der Waals surface area contributed by atoms with Crippen LogP contribution in [0.5, 0.6) is 0 Å². The van der Waals surface area contributed by atoms with Gasteiger partial charge in [-0.15, -0.1) is 0 Å². The molecule has 0 aliphatic rings. The number of nitrogens with one attached hydrogen (secondary N) is 2. The average Bonchev–Trinajstić information content (AvgIpc) is 3.02. The first-order valence-electron chi connectivity index (χ1n) is 10.9. The summed E-state index contributed by atoms with van der Waals surface area (Å²) in [6.07, 6.45) is 3.79. The third-order valence-corrected chi connectivity index (χ3v) is 6.68. The molecule has 0 atom stereocenters. The minimum Gasteiger partial charge on any atom is -0.323 e. The Balaban J connectivity index is 1.63. The van der Waals surface area contributed by atoms with Gasteiger partial charge in [-0.1, -0.05) is 36.8 Å². The lowest BCUT2D eigenvalue weighted by atomic mass is 10.1. The van der Waals surface area contributed by atoms with Gasteiger partial charge < -0.3 is 5.32 Å². The third-order valence-electron chi connectivity index (χ3n) is 5.19. The number of sulfonamides is 1. The number of hydrogen-bond donors (Lipinski definition) is 2. The maximum Gasteiger partial charge on any atom is 0.248 e. The Morgan fingerprint density at radius 1 is 1.00 bits per heavy atom. The van der Waals surface area contributed by atoms with Crippen LogP contribution in [0, 0.1) is 20.8 Å². The lowest BCUT2D eigenvalue weighted by Gasteiger charge is -2.08. The SMILES string of the molecule is CCCS(=O)(=O)Nc1ccc(NC(=O)/C=C/c2c(C)nn(Cc3ccc(C)cc3)c2C)cc1. The van der Waals surface area contributed by atoms with Gasteiger partial charge in [-0.2, -0.15) is 5.10 Å². The molecule has 0 radical (unpaired) electrons. The summed E-state index contributed by atoms with van der Waals surface area (Å²) in [5, 5.41) is 7.41. The highest BCUT2D eigenvalue weighted by Crippen LogP contribution is 2.18. The van der Waals surface area contributed by atoms with Gasteiger partial charge >= 0.3 is 0 Å². The molecule has 0 bridgehead atoms. The lowest BCUT2D eigenvalue weighted by Crippen LogP contribution is -2.16. The summed E-state index contributed by atoms with van der Waals surface area (Å²) >= 11 is 0. The molecule has 0 fully saturated rings. The van der Waals surface area contributed by atoms with Crippen molar-refractivity contribution < 1.29 is 13.2 Å². The molecule has 1 aromatic heterocycles. The summed E-state index contributed by atoms with van der Waals surface area (Å²) < 4.78 is 28.2. The molecule has 7 nitrogen and oxygen atoms in total. The molecule has 0 aliphatic carbocycles. The van der Waals surface area contributed by atoms with Crippen molar-refractivity contribution >= 4 is 33.4 Å². The number of rotatable bonds is 9. The average molecular weight is 467 g/mol. The van der Waals surface area contributed by atoms with Gasteiger partial charge in [-0.05, 0) is 63.1 Å². The van der Waals surface area contributed by atoms with Crippen molar-refractivity contribution in [1.82, 2.24) is 9.78 Å². The smallest absolute Gasteiger partial charge is 0.248 e. The Morgan fingerprint density at radius 3 is 2.27 bits per heavy atom. The number of aryl methyl sites for hydroxylation is 2. The summed E-state index contributed by atoms with van der Waals surface area (Å²) in [6, 6.07) is 14.9. The van der Waals surface area contributed by atoms with Gasteiger partial charge in [0.1, 0.15) is 0 Å². The normalized spacial score (nSPS) is 11.6. The number of amides is 1. The predicted octanol–water partition coefficient (Wildman–Crippen LogP) is 4.66. The van der Waals surface area contributed by atoms with Crippen LogP contribution in [0.3, 0.4) is 0 Å². The predicted molar refractivity (Wildman–Crippen MR) is 134 cm³/mol. The Labute approximate surface area is 195 Å². The quantitative estimate of drug-likeness (QED) is 0.449. The fourth-order valence-corrected chi connectivity index (χ4v) is 4.57. The largest absolute Gasteiger partial charge is 0.323 e. The summed E-state index contributed by atoms with van der Waals surface area (Å²) in [7, 11) is -3.34. The van der Waals surface area contributed by atoms with Crippen molar-refractivity contribution in [2.75, 3.05) is 15.8 Å². The fourth-order valence-electron chi connectivity index (χ4n) is 3.44. The number of carbonyl (C=O) groups excluding carboxylic acids is 1. The standard InChI is InChI=1S/C25H30N4O3S/c1-5-16-33(31,32)28-23-12-10-22(11-13-23)26-25(30)15-14-24-19(3)27-29(20(24)4)17-21-8-6-18(2)7-9-21/h6-15,28H,5,16-17H2,1-4H3,(H,26,30)/b15-14+. The zero-order valence-corrected chi connectivity index (χ0v) is 20.2. The number of aromatic nitrogens is 2. The Morgan fingerprint density at radius 2 is 1.64 bits per heavy atom. The van der Waals surface area contributed by atoms with E-state index in [-0.39, 0.29) is 11.7 Å². The monoisotopic (exact) mass is 466 g/mol. The molecule has 174 valence electrons. The van der Waals surface area contributed by atoms with Gasteiger partial charge in [0.2, 0.25) is 15.9 Å². The van der Waals surface area contributed by atoms with Crippen LogP contribution in [0.15, 0.2) is 54.6 Å². The van der Waals surface area contributed by atoms with Crippen LogP contribution < -0.4 is 10.0 Å². The van der Waals surface area contributed by atoms with Gasteiger partial charge in [0.25, 0.3) is 0 Å². The molecule has 33 heavy (non-hydrogen) atoms. The highest BCUT2D eigenvalue weighted by molar-refractivity contribution is 7.92. The first-order chi connectivity index (χ1) is 15.7. The summed E-state index contributed by atoms with van der Waals surface area (Å²) in [5.41, 5.74) is 6.18. The van der Waals surface area contributed by atoms with E-state index in [4.69, 9.17) is 0 Å². The van der Waals surface area contributed by atoms with Crippen LogP contribution in [-0.4, -0.2) is 29.9 Å². The fraction of sp³-hybridized carbons (Fsp3) is 0.280. The van der Waals surface area contributed by atoms with E-state index < -0.39 is 10.0 Å². The molecule has 3 aromatic rings. The molecule has 0 unspecified atom stereocenters. The van der Waals surface area contributed by atoms with Crippen molar-refractivity contribution in [1.29, 1.82) is 0 Å². The van der Waals surface area contributed by atoms with Crippen molar-refractivity contribution in [3.63, 3.8) is 0 Å². The molecular weight excluding hydrogens is 436 g/mol. The Kier molecular flexibility index (Phi) is 7.71. The highest BCUT2D eigenvalue weighted by Gasteiger charge is 2.11. The van der Waals surface area contributed by atoms with Gasteiger partial charge in [0.05, 0.1) is 18.0 Å². The van der Waals surface area contributed by atoms with E-state index in [0.29, 0.717) is 24.3 Å². The molecule has 0 aliphatic heterocycles. The van der Waals surface area contributed by atoms with Gasteiger partial charge in [0.15, 0.2) is 0 Å². The van der Waals surface area contributed by atoms with Gasteiger partial charge in [-0.25, -0.2) is 8.42 Å². The molecular formula is C25H30N4O3S. The number of nitrogens with zero attached hydrogens (tertiary/aromatic N) is 2. The Bertz CT molecular complexity index is 1240. The van der Waals surface area contributed by atoms with Crippen molar-refractivity contribution in [3.05, 3.63) is 82.7 Å². The van der Waals surface area contributed by atoms with Crippen molar-refractivity contribution in [2.45, 2.75) is 40.7 Å². The molecule has 2 aromatic carbocycles. The summed E-state index contributed by atoms with van der Waals surface area (Å²) in [4.78, 5) is 12.4. The van der Waals surface area contributed by atoms with Crippen LogP contribution in [-0.2, 0) is 21.4 Å². The lowest BCUT2D eigenvalue weighted by molar-refractivity contribution is -0.111. The zero-order valence-electron chi connectivity index (χ0n) is 19.4. The maximum absolute atomic E-state index is 12.4. The number of carbonyl (C=O) groups is 1. The molecule has 0 spiro atoms. The molecule has 0 saturated carbocycles. The maximum atomic E-state index is 12.4. The second kappa shape index (κ2) is 10.5. The van der Waals surface area contributed by atoms with E-state index in [1.807, 2.05) is 25.5 Å². The molecule has 1 amide bonds. The van der Waals surface area contributed by atoms with Gasteiger partial charge in [-0.3, -0.25) is 14.2 Å². The van der Waals surface area contributed by atoms with Gasteiger partial charge in [0, 0.05) is 28.7 Å². The van der Waals surface area contributed by atoms with Crippen LogP contribution in [0.2, 0.25) is 0 Å². The summed E-state index contributed by atoms with van der Waals surface area (Å²) in [5.74, 6) is -0.212. The van der Waals surface area contributed by atoms with Crippen LogP contribution >= 0.6 is 0 Å². The molecule has 1 heterocycles. The first-order valence-corrected chi connectivity index (χ1v) is 12.5. The number of anilines is 2. The molecule has 0 saturated heterocycles. The molecule has 2 N–H and O–H groups in total. The number of benzene rings is 2. The van der Waals surface area contributed by atoms with Crippen molar-refractivity contribution in [3.8, 4) is 0 Å². The Hall–Kier alpha value is -3.39. The van der Waals surface area contributed by atoms with Crippen molar-refractivity contribution in [2.24, 2.45) is 0 Å². The van der Waals surface area contributed by atoms with E-state index in [9.17, 15) is 13.2 Å². The third kappa shape index (κ3) is 6.79. The van der Waals surface area contributed by atoms with Crippen LogP contribution in [0.4, 0.5) is 11.4 Å². The first kappa shape index (κ1) is 24.3. The topological polar surface area (TPSA) is 93.1 Å². The summed E-state index contributed by atoms with van der Waals surface area (Å²) in [6.45, 7) is 8.45. The second-order valence-electron chi connectivity index (χ2n) is 8.05. The molecule has 8 heteroatoms. The number of hydrogen-bond acceptors (Lipinski definition) is 4. The minimum absolute atomic E-state index is 0.0662. The highest BCUT2D eigenvalue weighted by atomic mass is 32.2. The van der Waals surface area contributed by atoms with E-state index in [2.05, 4.69) is 46.3 Å². The van der Waals surface area contributed by atoms with E-state index >= 15 is 0 Å². The zero-order chi connectivity index (χ0) is 24.0. The van der Waals surface area contributed by atoms with Crippen LogP contribution in [0.1, 0.15) is 41.4 Å². The van der Waals surface area contributed by atoms with Crippen LogP contribution in [0.25, 0.3) is 6.08 Å². The second-order valence-corrected chi connectivity index (χ2v) is 9.89. The molecule has 3 rings (SSSR count).